The lowest BCUT2D eigenvalue weighted by atomic mass is 9.63. The van der Waals surface area contributed by atoms with E-state index in [1.807, 2.05) is 30.3 Å². The normalized spacial score (nSPS) is 16.0. The molecular formula is C16H19NO3. The van der Waals surface area contributed by atoms with Gasteiger partial charge in [-0.25, -0.2) is 0 Å². The van der Waals surface area contributed by atoms with E-state index in [2.05, 4.69) is 6.58 Å². The van der Waals surface area contributed by atoms with E-state index in [0.29, 0.717) is 0 Å². The van der Waals surface area contributed by atoms with Crippen molar-refractivity contribution in [3.05, 3.63) is 48.6 Å². The van der Waals surface area contributed by atoms with Gasteiger partial charge in [-0.2, -0.15) is 0 Å². The third-order valence-corrected chi connectivity index (χ3v) is 3.91. The Morgan fingerprint density at radius 2 is 1.95 bits per heavy atom. The molecule has 1 aliphatic rings. The SMILES string of the molecule is C=CCN(CC(=O)O)C(=O)C1(c2ccccc2)CCC1. The first-order chi connectivity index (χ1) is 9.60. The first kappa shape index (κ1) is 14.3. The average molecular weight is 273 g/mol. The van der Waals surface area contributed by atoms with Crippen LogP contribution in [0.4, 0.5) is 0 Å². The van der Waals surface area contributed by atoms with Crippen LogP contribution in [-0.4, -0.2) is 35.0 Å². The van der Waals surface area contributed by atoms with Crippen molar-refractivity contribution in [3.63, 3.8) is 0 Å². The second-order valence-electron chi connectivity index (χ2n) is 5.17. The maximum atomic E-state index is 12.8. The highest BCUT2D eigenvalue weighted by Gasteiger charge is 2.47. The number of hydrogen-bond acceptors (Lipinski definition) is 2. The quantitative estimate of drug-likeness (QED) is 0.808. The molecule has 1 amide bonds. The monoisotopic (exact) mass is 273 g/mol. The van der Waals surface area contributed by atoms with E-state index >= 15 is 0 Å². The molecule has 0 heterocycles. The van der Waals surface area contributed by atoms with Gasteiger partial charge >= 0.3 is 5.97 Å². The Hall–Kier alpha value is -2.10. The third-order valence-electron chi connectivity index (χ3n) is 3.91. The van der Waals surface area contributed by atoms with Crippen LogP contribution >= 0.6 is 0 Å². The number of nitrogens with zero attached hydrogens (tertiary/aromatic N) is 1. The Morgan fingerprint density at radius 3 is 2.40 bits per heavy atom. The fourth-order valence-electron chi connectivity index (χ4n) is 2.75. The smallest absolute Gasteiger partial charge is 0.323 e. The summed E-state index contributed by atoms with van der Waals surface area (Å²) in [4.78, 5) is 25.1. The summed E-state index contributed by atoms with van der Waals surface area (Å²) >= 11 is 0. The van der Waals surface area contributed by atoms with Crippen LogP contribution in [0.25, 0.3) is 0 Å². The molecular weight excluding hydrogens is 254 g/mol. The highest BCUT2D eigenvalue weighted by Crippen LogP contribution is 2.45. The molecule has 0 bridgehead atoms. The van der Waals surface area contributed by atoms with E-state index < -0.39 is 11.4 Å². The Kier molecular flexibility index (Phi) is 4.23. The van der Waals surface area contributed by atoms with Crippen molar-refractivity contribution in [2.75, 3.05) is 13.1 Å². The molecule has 0 atom stereocenters. The molecule has 1 aliphatic carbocycles. The van der Waals surface area contributed by atoms with Crippen molar-refractivity contribution in [2.45, 2.75) is 24.7 Å². The van der Waals surface area contributed by atoms with E-state index in [1.54, 1.807) is 6.08 Å². The molecule has 106 valence electrons. The largest absolute Gasteiger partial charge is 0.480 e. The van der Waals surface area contributed by atoms with Crippen molar-refractivity contribution in [1.29, 1.82) is 0 Å². The number of hydrogen-bond donors (Lipinski definition) is 1. The molecule has 1 aromatic rings. The molecule has 0 saturated heterocycles. The Bertz CT molecular complexity index is 506. The number of carbonyl (C=O) groups excluding carboxylic acids is 1. The lowest BCUT2D eigenvalue weighted by Crippen LogP contribution is -2.52. The summed E-state index contributed by atoms with van der Waals surface area (Å²) in [6.45, 7) is 3.59. The van der Waals surface area contributed by atoms with Crippen LogP contribution < -0.4 is 0 Å². The fraction of sp³-hybridized carbons (Fsp3) is 0.375. The molecule has 4 nitrogen and oxygen atoms in total. The average Bonchev–Trinajstić information content (AvgIpc) is 2.37. The van der Waals surface area contributed by atoms with Crippen molar-refractivity contribution in [3.8, 4) is 0 Å². The van der Waals surface area contributed by atoms with Gasteiger partial charge in [-0.05, 0) is 18.4 Å². The lowest BCUT2D eigenvalue weighted by molar-refractivity contribution is -0.148. The number of carboxylic acids is 1. The number of carboxylic acid groups (broad SMARTS) is 1. The minimum atomic E-state index is -0.997. The molecule has 0 aliphatic heterocycles. The minimum Gasteiger partial charge on any atom is -0.480 e. The van der Waals surface area contributed by atoms with Crippen LogP contribution in [0.2, 0.25) is 0 Å². The molecule has 1 aromatic carbocycles. The number of carbonyl (C=O) groups is 2. The molecule has 1 saturated carbocycles. The summed E-state index contributed by atoms with van der Waals surface area (Å²) in [5, 5.41) is 8.96. The first-order valence-electron chi connectivity index (χ1n) is 6.78. The summed E-state index contributed by atoms with van der Waals surface area (Å²) in [5.74, 6) is -1.10. The number of amides is 1. The van der Waals surface area contributed by atoms with Crippen molar-refractivity contribution in [1.82, 2.24) is 4.90 Å². The van der Waals surface area contributed by atoms with Crippen LogP contribution in [-0.2, 0) is 15.0 Å². The molecule has 1 N–H and O–H groups in total. The van der Waals surface area contributed by atoms with Crippen molar-refractivity contribution < 1.29 is 14.7 Å². The number of rotatable bonds is 6. The molecule has 0 spiro atoms. The van der Waals surface area contributed by atoms with E-state index in [4.69, 9.17) is 5.11 Å². The van der Waals surface area contributed by atoms with Crippen LogP contribution in [0, 0.1) is 0 Å². The highest BCUT2D eigenvalue weighted by molar-refractivity contribution is 5.91. The predicted octanol–water partition coefficient (Wildman–Crippen LogP) is 2.21. The second-order valence-corrected chi connectivity index (χ2v) is 5.17. The topological polar surface area (TPSA) is 57.6 Å². The Labute approximate surface area is 118 Å². The maximum absolute atomic E-state index is 12.8. The number of aliphatic carboxylic acids is 1. The van der Waals surface area contributed by atoms with E-state index in [-0.39, 0.29) is 19.0 Å². The van der Waals surface area contributed by atoms with Crippen LogP contribution in [0.15, 0.2) is 43.0 Å². The predicted molar refractivity (Wildman–Crippen MR) is 76.4 cm³/mol. The highest BCUT2D eigenvalue weighted by atomic mass is 16.4. The molecule has 0 aromatic heterocycles. The molecule has 2 rings (SSSR count). The van der Waals surface area contributed by atoms with Crippen LogP contribution in [0.3, 0.4) is 0 Å². The van der Waals surface area contributed by atoms with Gasteiger partial charge in [0.2, 0.25) is 5.91 Å². The molecule has 1 fully saturated rings. The molecule has 4 heteroatoms. The zero-order valence-corrected chi connectivity index (χ0v) is 11.4. The van der Waals surface area contributed by atoms with Gasteiger partial charge in [0.15, 0.2) is 0 Å². The van der Waals surface area contributed by atoms with Gasteiger partial charge in [-0.15, -0.1) is 6.58 Å². The van der Waals surface area contributed by atoms with Gasteiger partial charge in [0.25, 0.3) is 0 Å². The second kappa shape index (κ2) is 5.90. The van der Waals surface area contributed by atoms with E-state index in [0.717, 1.165) is 24.8 Å². The number of benzene rings is 1. The van der Waals surface area contributed by atoms with Crippen molar-refractivity contribution in [2.24, 2.45) is 0 Å². The van der Waals surface area contributed by atoms with Gasteiger partial charge < -0.3 is 10.0 Å². The standard InChI is InChI=1S/C16H19NO3/c1-2-11-17(12-14(18)19)15(20)16(9-6-10-16)13-7-4-3-5-8-13/h2-5,7-8H,1,6,9-12H2,(H,18,19). The Balaban J connectivity index is 2.28. The molecule has 20 heavy (non-hydrogen) atoms. The summed E-state index contributed by atoms with van der Waals surface area (Å²) < 4.78 is 0. The van der Waals surface area contributed by atoms with Gasteiger partial charge in [-0.1, -0.05) is 42.8 Å². The van der Waals surface area contributed by atoms with Crippen LogP contribution in [0.5, 0.6) is 0 Å². The van der Waals surface area contributed by atoms with E-state index in [9.17, 15) is 9.59 Å². The van der Waals surface area contributed by atoms with Gasteiger partial charge in [0, 0.05) is 6.54 Å². The lowest BCUT2D eigenvalue weighted by Gasteiger charge is -2.43. The third kappa shape index (κ3) is 2.59. The molecule has 0 radical (unpaired) electrons. The first-order valence-corrected chi connectivity index (χ1v) is 6.78. The fourth-order valence-corrected chi connectivity index (χ4v) is 2.75. The zero-order valence-electron chi connectivity index (χ0n) is 11.4. The van der Waals surface area contributed by atoms with Gasteiger partial charge in [0.1, 0.15) is 6.54 Å². The minimum absolute atomic E-state index is 0.0998. The molecule has 0 unspecified atom stereocenters. The summed E-state index contributed by atoms with van der Waals surface area (Å²) in [6, 6.07) is 9.64. The van der Waals surface area contributed by atoms with Crippen molar-refractivity contribution >= 4 is 11.9 Å². The maximum Gasteiger partial charge on any atom is 0.323 e. The van der Waals surface area contributed by atoms with Crippen LogP contribution in [0.1, 0.15) is 24.8 Å². The van der Waals surface area contributed by atoms with Gasteiger partial charge in [0.05, 0.1) is 5.41 Å². The summed E-state index contributed by atoms with van der Waals surface area (Å²) in [6.07, 6.45) is 4.13. The summed E-state index contributed by atoms with van der Waals surface area (Å²) in [7, 11) is 0. The Morgan fingerprint density at radius 1 is 1.30 bits per heavy atom. The van der Waals surface area contributed by atoms with E-state index in [1.165, 1.54) is 4.90 Å². The summed E-state index contributed by atoms with van der Waals surface area (Å²) in [5.41, 5.74) is 0.440. The zero-order chi connectivity index (χ0) is 14.6. The van der Waals surface area contributed by atoms with Gasteiger partial charge in [-0.3, -0.25) is 9.59 Å².